The van der Waals surface area contributed by atoms with Gasteiger partial charge in [0.1, 0.15) is 0 Å². The van der Waals surface area contributed by atoms with Gasteiger partial charge in [0.15, 0.2) is 0 Å². The third-order valence-electron chi connectivity index (χ3n) is 3.93. The molecular formula is C13H18N2. The summed E-state index contributed by atoms with van der Waals surface area (Å²) in [5.41, 5.74) is 4.40. The molecule has 2 nitrogen and oxygen atoms in total. The second-order valence-electron chi connectivity index (χ2n) is 5.07. The molecule has 1 fully saturated rings. The summed E-state index contributed by atoms with van der Waals surface area (Å²) >= 11 is 0. The van der Waals surface area contributed by atoms with Crippen LogP contribution < -0.4 is 4.90 Å². The van der Waals surface area contributed by atoms with Crippen LogP contribution in [-0.4, -0.2) is 38.1 Å². The number of likely N-dealkylation sites (N-methyl/N-ethyl adjacent to an activating group) is 2. The number of anilines is 1. The van der Waals surface area contributed by atoms with Crippen LogP contribution in [0.25, 0.3) is 0 Å². The average Bonchev–Trinajstić information content (AvgIpc) is 2.67. The van der Waals surface area contributed by atoms with Crippen molar-refractivity contribution in [2.24, 2.45) is 0 Å². The van der Waals surface area contributed by atoms with Crippen LogP contribution in [0.15, 0.2) is 18.2 Å². The normalized spacial score (nSPS) is 29.4. The summed E-state index contributed by atoms with van der Waals surface area (Å²) in [6.45, 7) is 4.60. The van der Waals surface area contributed by atoms with Gasteiger partial charge in [-0.1, -0.05) is 17.7 Å². The summed E-state index contributed by atoms with van der Waals surface area (Å²) in [4.78, 5) is 4.90. The van der Waals surface area contributed by atoms with E-state index in [1.165, 1.54) is 24.3 Å². The lowest BCUT2D eigenvalue weighted by atomic mass is 9.97. The largest absolute Gasteiger partial charge is 0.369 e. The zero-order valence-electron chi connectivity index (χ0n) is 9.70. The monoisotopic (exact) mass is 202 g/mol. The van der Waals surface area contributed by atoms with Gasteiger partial charge in [0, 0.05) is 37.8 Å². The Morgan fingerprint density at radius 1 is 1.20 bits per heavy atom. The predicted molar refractivity (Wildman–Crippen MR) is 63.6 cm³/mol. The van der Waals surface area contributed by atoms with E-state index in [4.69, 9.17) is 0 Å². The van der Waals surface area contributed by atoms with Crippen molar-refractivity contribution in [3.05, 3.63) is 29.3 Å². The van der Waals surface area contributed by atoms with Gasteiger partial charge in [-0.25, -0.2) is 0 Å². The number of likely N-dealkylation sites (tertiary alicyclic amines) is 1. The molecule has 0 unspecified atom stereocenters. The van der Waals surface area contributed by atoms with E-state index in [1.807, 2.05) is 0 Å². The van der Waals surface area contributed by atoms with Crippen molar-refractivity contribution in [1.82, 2.24) is 4.90 Å². The molecule has 2 heteroatoms. The highest BCUT2D eigenvalue weighted by Gasteiger charge is 2.41. The van der Waals surface area contributed by atoms with Crippen molar-refractivity contribution >= 4 is 5.69 Å². The molecule has 0 spiro atoms. The molecule has 0 radical (unpaired) electrons. The number of hydrogen-bond acceptors (Lipinski definition) is 2. The van der Waals surface area contributed by atoms with Crippen molar-refractivity contribution in [2.75, 3.05) is 32.1 Å². The topological polar surface area (TPSA) is 6.48 Å². The minimum atomic E-state index is 0.701. The predicted octanol–water partition coefficient (Wildman–Crippen LogP) is 1.84. The highest BCUT2D eigenvalue weighted by Crippen LogP contribution is 2.43. The molecule has 0 aromatic heterocycles. The molecule has 0 N–H and O–H groups in total. The van der Waals surface area contributed by atoms with Crippen LogP contribution in [0.3, 0.4) is 0 Å². The van der Waals surface area contributed by atoms with Crippen molar-refractivity contribution in [3.8, 4) is 0 Å². The standard InChI is InChI=1S/C13H18N2/c1-9-4-5-12-10(6-9)11-7-14(2)8-13(11)15(12)3/h4-6,11,13H,7-8H2,1-3H3/t11-,13-/m0/s1. The first-order valence-corrected chi connectivity index (χ1v) is 5.69. The lowest BCUT2D eigenvalue weighted by Crippen LogP contribution is -2.31. The Hall–Kier alpha value is -1.02. The molecule has 2 atom stereocenters. The Morgan fingerprint density at radius 2 is 2.00 bits per heavy atom. The molecule has 15 heavy (non-hydrogen) atoms. The fraction of sp³-hybridized carbons (Fsp3) is 0.538. The number of fused-ring (bicyclic) bond motifs is 3. The minimum Gasteiger partial charge on any atom is -0.369 e. The Morgan fingerprint density at radius 3 is 2.80 bits per heavy atom. The van der Waals surface area contributed by atoms with E-state index in [-0.39, 0.29) is 0 Å². The third-order valence-corrected chi connectivity index (χ3v) is 3.93. The van der Waals surface area contributed by atoms with Gasteiger partial charge in [0.2, 0.25) is 0 Å². The molecule has 0 saturated carbocycles. The first-order chi connectivity index (χ1) is 7.16. The molecule has 1 aromatic rings. The fourth-order valence-corrected chi connectivity index (χ4v) is 3.15. The van der Waals surface area contributed by atoms with Crippen LogP contribution in [-0.2, 0) is 0 Å². The Bertz CT molecular complexity index is 400. The van der Waals surface area contributed by atoms with E-state index in [9.17, 15) is 0 Å². The highest BCUT2D eigenvalue weighted by atomic mass is 15.3. The van der Waals surface area contributed by atoms with Crippen LogP contribution in [0.5, 0.6) is 0 Å². The summed E-state index contributed by atoms with van der Waals surface area (Å²) in [6, 6.07) is 7.57. The molecule has 2 aliphatic rings. The van der Waals surface area contributed by atoms with Gasteiger partial charge in [0.05, 0.1) is 0 Å². The second-order valence-corrected chi connectivity index (χ2v) is 5.07. The molecule has 2 aliphatic heterocycles. The summed E-state index contributed by atoms with van der Waals surface area (Å²) in [5, 5.41) is 0. The molecule has 0 aliphatic carbocycles. The van der Waals surface area contributed by atoms with Crippen LogP contribution in [0.1, 0.15) is 17.0 Å². The number of hydrogen-bond donors (Lipinski definition) is 0. The third kappa shape index (κ3) is 1.21. The van der Waals surface area contributed by atoms with E-state index in [2.05, 4.69) is 49.0 Å². The molecule has 80 valence electrons. The zero-order valence-corrected chi connectivity index (χ0v) is 9.70. The van der Waals surface area contributed by atoms with Gasteiger partial charge in [0.25, 0.3) is 0 Å². The lowest BCUT2D eigenvalue weighted by molar-refractivity contribution is 0.404. The quantitative estimate of drug-likeness (QED) is 0.633. The van der Waals surface area contributed by atoms with Gasteiger partial charge in [-0.2, -0.15) is 0 Å². The lowest BCUT2D eigenvalue weighted by Gasteiger charge is -2.21. The average molecular weight is 202 g/mol. The van der Waals surface area contributed by atoms with E-state index in [0.29, 0.717) is 6.04 Å². The molecule has 2 heterocycles. The van der Waals surface area contributed by atoms with E-state index >= 15 is 0 Å². The molecule has 1 saturated heterocycles. The second kappa shape index (κ2) is 2.99. The van der Waals surface area contributed by atoms with Gasteiger partial charge in [-0.3, -0.25) is 0 Å². The first-order valence-electron chi connectivity index (χ1n) is 5.69. The summed E-state index contributed by atoms with van der Waals surface area (Å²) in [6.07, 6.45) is 0. The number of benzene rings is 1. The summed E-state index contributed by atoms with van der Waals surface area (Å²) < 4.78 is 0. The fourth-order valence-electron chi connectivity index (χ4n) is 3.15. The molecule has 3 rings (SSSR count). The van der Waals surface area contributed by atoms with E-state index in [0.717, 1.165) is 5.92 Å². The van der Waals surface area contributed by atoms with E-state index in [1.54, 1.807) is 5.56 Å². The van der Waals surface area contributed by atoms with Gasteiger partial charge >= 0.3 is 0 Å². The molecule has 0 bridgehead atoms. The van der Waals surface area contributed by atoms with Gasteiger partial charge in [-0.15, -0.1) is 0 Å². The van der Waals surface area contributed by atoms with Crippen LogP contribution in [0.4, 0.5) is 5.69 Å². The SMILES string of the molecule is Cc1ccc2c(c1)[C@@H]1CN(C)C[C@@H]1N2C. The van der Waals surface area contributed by atoms with Gasteiger partial charge in [-0.05, 0) is 25.6 Å². The van der Waals surface area contributed by atoms with Crippen LogP contribution in [0.2, 0.25) is 0 Å². The van der Waals surface area contributed by atoms with E-state index < -0.39 is 0 Å². The van der Waals surface area contributed by atoms with Crippen molar-refractivity contribution < 1.29 is 0 Å². The van der Waals surface area contributed by atoms with Crippen molar-refractivity contribution in [2.45, 2.75) is 18.9 Å². The Balaban J connectivity index is 2.08. The smallest absolute Gasteiger partial charge is 0.0495 e. The van der Waals surface area contributed by atoms with Crippen LogP contribution in [0, 0.1) is 6.92 Å². The van der Waals surface area contributed by atoms with Crippen LogP contribution >= 0.6 is 0 Å². The van der Waals surface area contributed by atoms with Gasteiger partial charge < -0.3 is 9.80 Å². The molecule has 1 aromatic carbocycles. The summed E-state index contributed by atoms with van der Waals surface area (Å²) in [5.74, 6) is 0.731. The molecule has 0 amide bonds. The maximum atomic E-state index is 2.46. The Kier molecular flexibility index (Phi) is 1.84. The van der Waals surface area contributed by atoms with Crippen molar-refractivity contribution in [3.63, 3.8) is 0 Å². The number of aryl methyl sites for hydroxylation is 1. The van der Waals surface area contributed by atoms with Crippen molar-refractivity contribution in [1.29, 1.82) is 0 Å². The first kappa shape index (κ1) is 9.22. The maximum Gasteiger partial charge on any atom is 0.0495 e. The minimum absolute atomic E-state index is 0.701. The summed E-state index contributed by atoms with van der Waals surface area (Å²) in [7, 11) is 4.46. The maximum absolute atomic E-state index is 2.46. The Labute approximate surface area is 91.5 Å². The number of rotatable bonds is 0. The number of nitrogens with zero attached hydrogens (tertiary/aromatic N) is 2. The highest BCUT2D eigenvalue weighted by molar-refractivity contribution is 5.63. The zero-order chi connectivity index (χ0) is 10.6. The molecular weight excluding hydrogens is 184 g/mol.